The molecule has 13 heteroatoms. The molecule has 0 amide bonds. The maximum atomic E-state index is 14.0. The van der Waals surface area contributed by atoms with E-state index in [9.17, 15) is 24.9 Å². The van der Waals surface area contributed by atoms with Gasteiger partial charge in [0.05, 0.1) is 19.3 Å². The number of likely N-dealkylation sites (N-methyl/N-ethyl adjacent to an activating group) is 1. The molecule has 250 valence electrons. The fraction of sp³-hybridized carbons (Fsp3) is 0.429. The minimum absolute atomic E-state index is 0.0490. The Kier molecular flexibility index (Phi) is 8.08. The van der Waals surface area contributed by atoms with Crippen LogP contribution < -0.4 is 10.1 Å². The van der Waals surface area contributed by atoms with E-state index >= 15 is 0 Å². The van der Waals surface area contributed by atoms with Crippen LogP contribution in [0.2, 0.25) is 0 Å². The minimum atomic E-state index is -1.24. The van der Waals surface area contributed by atoms with Gasteiger partial charge in [-0.05, 0) is 62.2 Å². The van der Waals surface area contributed by atoms with Crippen LogP contribution in [0, 0.1) is 30.6 Å². The second kappa shape index (κ2) is 12.1. The standard InChI is InChI=1S/C35H33NO12/c1-16-12-19(42-4)14-22-20(16)8-9-23(37)27(22)32(40)45-24-13-18-10-11-35(26-15-43-34(41)46-26)25(48-35)7-5-6-21(18)31(24)47-33-28(36-3)30(39)29(38)17(2)44-33/h6,8-9,12-14,17,24-26,28-31,33,36-39H,15H2,1-4H3/b21-6+/t17-,24-,25-,26-,28-,29+,30-,31-,33?,35+/m1/s1. The number of methoxy groups -OCH3 is 1. The Morgan fingerprint density at radius 1 is 1.17 bits per heavy atom. The quantitative estimate of drug-likeness (QED) is 0.191. The molecule has 4 N–H and O–H groups in total. The summed E-state index contributed by atoms with van der Waals surface area (Å²) in [4.78, 5) is 25.7. The van der Waals surface area contributed by atoms with Crippen LogP contribution in [0.3, 0.4) is 0 Å². The molecule has 0 aromatic heterocycles. The third-order valence-electron chi connectivity index (χ3n) is 9.23. The molecule has 1 unspecified atom stereocenters. The van der Waals surface area contributed by atoms with E-state index in [0.29, 0.717) is 22.3 Å². The number of allylic oxidation sites excluding steroid dienone is 1. The highest BCUT2D eigenvalue weighted by Gasteiger charge is 2.65. The largest absolute Gasteiger partial charge is 0.508 e. The summed E-state index contributed by atoms with van der Waals surface area (Å²) in [6.45, 7) is 3.42. The number of carbonyl (C=O) groups is 2. The maximum absolute atomic E-state index is 14.0. The molecule has 3 aliphatic heterocycles. The first-order valence-corrected chi connectivity index (χ1v) is 15.4. The molecule has 0 radical (unpaired) electrons. The van der Waals surface area contributed by atoms with Crippen molar-refractivity contribution < 1.29 is 58.1 Å². The number of fused-ring (bicyclic) bond motifs is 3. The summed E-state index contributed by atoms with van der Waals surface area (Å²) in [6.07, 6.45) is -5.56. The number of aliphatic hydroxyl groups excluding tert-OH is 2. The van der Waals surface area contributed by atoms with Crippen molar-refractivity contribution >= 4 is 22.9 Å². The number of aromatic hydroxyl groups is 1. The number of phenolic OH excluding ortho intramolecular Hbond substituents is 1. The topological polar surface area (TPSA) is 175 Å². The van der Waals surface area contributed by atoms with E-state index in [1.54, 1.807) is 38.3 Å². The van der Waals surface area contributed by atoms with Gasteiger partial charge in [0.15, 0.2) is 24.6 Å². The van der Waals surface area contributed by atoms with Crippen LogP contribution in [0.1, 0.15) is 22.8 Å². The SMILES string of the molecule is CN[C@H]1C(O[C@@H]2/C3=C/C#C[C@H]4O[C@@]4([C@H]4COC(=O)O4)C#CC3=C[C@H]2OC(=O)c2c(O)ccc3c(C)cc(OC)cc23)O[C@H](C)[C@H](O)[C@@H]1O. The van der Waals surface area contributed by atoms with Crippen LogP contribution >= 0.6 is 0 Å². The van der Waals surface area contributed by atoms with Crippen LogP contribution in [-0.4, -0.2) is 109 Å². The number of cyclic esters (lactones) is 2. The van der Waals surface area contributed by atoms with E-state index in [2.05, 4.69) is 29.0 Å². The van der Waals surface area contributed by atoms with Crippen LogP contribution in [0.15, 0.2) is 47.6 Å². The van der Waals surface area contributed by atoms with Gasteiger partial charge < -0.3 is 53.8 Å². The van der Waals surface area contributed by atoms with Gasteiger partial charge in [0.1, 0.15) is 42.0 Å². The second-order valence-electron chi connectivity index (χ2n) is 12.1. The summed E-state index contributed by atoms with van der Waals surface area (Å²) in [5.41, 5.74) is 0.400. The Labute approximate surface area is 275 Å². The molecule has 3 saturated heterocycles. The molecule has 3 fully saturated rings. The van der Waals surface area contributed by atoms with Crippen molar-refractivity contribution in [2.24, 2.45) is 0 Å². The average molecular weight is 660 g/mol. The molecule has 2 aliphatic carbocycles. The van der Waals surface area contributed by atoms with E-state index < -0.39 is 72.8 Å². The van der Waals surface area contributed by atoms with Crippen molar-refractivity contribution in [3.8, 4) is 35.2 Å². The van der Waals surface area contributed by atoms with Crippen LogP contribution in [0.5, 0.6) is 11.5 Å². The predicted molar refractivity (Wildman–Crippen MR) is 166 cm³/mol. The molecular formula is C35H33NO12. The van der Waals surface area contributed by atoms with Gasteiger partial charge in [0.25, 0.3) is 0 Å². The number of nitrogens with one attached hydrogen (secondary N) is 1. The van der Waals surface area contributed by atoms with Gasteiger partial charge in [-0.15, -0.1) is 0 Å². The molecule has 10 atom stereocenters. The van der Waals surface area contributed by atoms with Crippen molar-refractivity contribution in [3.05, 3.63) is 58.7 Å². The summed E-state index contributed by atoms with van der Waals surface area (Å²) in [5.74, 6) is 11.4. The number of epoxide rings is 1. The number of carbonyl (C=O) groups excluding carboxylic acids is 2. The third kappa shape index (κ3) is 5.35. The van der Waals surface area contributed by atoms with Gasteiger partial charge >= 0.3 is 12.1 Å². The Bertz CT molecular complexity index is 1880. The molecule has 2 aromatic rings. The summed E-state index contributed by atoms with van der Waals surface area (Å²) in [6, 6.07) is 5.74. The number of phenols is 1. The van der Waals surface area contributed by atoms with Gasteiger partial charge in [-0.2, -0.15) is 0 Å². The van der Waals surface area contributed by atoms with Crippen LogP contribution in [0.4, 0.5) is 4.79 Å². The van der Waals surface area contributed by atoms with E-state index in [1.807, 2.05) is 13.0 Å². The Morgan fingerprint density at radius 2 is 1.98 bits per heavy atom. The van der Waals surface area contributed by atoms with Gasteiger partial charge in [-0.1, -0.05) is 29.7 Å². The predicted octanol–water partition coefficient (Wildman–Crippen LogP) is 1.39. The zero-order chi connectivity index (χ0) is 33.9. The Morgan fingerprint density at radius 3 is 2.71 bits per heavy atom. The van der Waals surface area contributed by atoms with Crippen LogP contribution in [-0.2, 0) is 28.4 Å². The summed E-state index contributed by atoms with van der Waals surface area (Å²) in [7, 11) is 3.10. The highest BCUT2D eigenvalue weighted by Crippen LogP contribution is 2.44. The van der Waals surface area contributed by atoms with E-state index in [-0.39, 0.29) is 17.9 Å². The van der Waals surface area contributed by atoms with Crippen molar-refractivity contribution in [3.63, 3.8) is 0 Å². The lowest BCUT2D eigenvalue weighted by Crippen LogP contribution is -2.62. The van der Waals surface area contributed by atoms with Crippen LogP contribution in [0.25, 0.3) is 10.8 Å². The Balaban J connectivity index is 1.27. The smallest absolute Gasteiger partial charge is 0.507 e. The van der Waals surface area contributed by atoms with Crippen molar-refractivity contribution in [2.45, 2.75) is 74.5 Å². The summed E-state index contributed by atoms with van der Waals surface area (Å²) >= 11 is 0. The molecule has 0 bridgehead atoms. The second-order valence-corrected chi connectivity index (χ2v) is 12.1. The number of benzene rings is 2. The van der Waals surface area contributed by atoms with E-state index in [1.165, 1.54) is 13.2 Å². The maximum Gasteiger partial charge on any atom is 0.508 e. The fourth-order valence-corrected chi connectivity index (χ4v) is 6.50. The summed E-state index contributed by atoms with van der Waals surface area (Å²) in [5, 5.41) is 36.3. The average Bonchev–Trinajstić information content (AvgIpc) is 3.39. The molecule has 48 heavy (non-hydrogen) atoms. The van der Waals surface area contributed by atoms with Gasteiger partial charge in [-0.3, -0.25) is 0 Å². The zero-order valence-corrected chi connectivity index (χ0v) is 26.4. The molecule has 3 heterocycles. The first kappa shape index (κ1) is 32.0. The van der Waals surface area contributed by atoms with E-state index in [4.69, 9.17) is 33.2 Å². The zero-order valence-electron chi connectivity index (χ0n) is 26.4. The van der Waals surface area contributed by atoms with Gasteiger partial charge in [0, 0.05) is 16.5 Å². The molecular weight excluding hydrogens is 626 g/mol. The molecule has 2 aromatic carbocycles. The number of aliphatic hydroxyl groups is 2. The number of hydrogen-bond acceptors (Lipinski definition) is 13. The van der Waals surface area contributed by atoms with Crippen molar-refractivity contribution in [1.29, 1.82) is 0 Å². The minimum Gasteiger partial charge on any atom is -0.507 e. The van der Waals surface area contributed by atoms with Crippen molar-refractivity contribution in [2.75, 3.05) is 20.8 Å². The first-order valence-electron chi connectivity index (χ1n) is 15.4. The summed E-state index contributed by atoms with van der Waals surface area (Å²) < 4.78 is 40.0. The molecule has 0 spiro atoms. The van der Waals surface area contributed by atoms with Crippen molar-refractivity contribution in [1.82, 2.24) is 5.32 Å². The monoisotopic (exact) mass is 659 g/mol. The molecule has 5 aliphatic rings. The highest BCUT2D eigenvalue weighted by molar-refractivity contribution is 6.08. The van der Waals surface area contributed by atoms with E-state index in [0.717, 1.165) is 10.9 Å². The molecule has 13 nitrogen and oxygen atoms in total. The fourth-order valence-electron chi connectivity index (χ4n) is 6.50. The molecule has 0 saturated carbocycles. The number of esters is 1. The first-order chi connectivity index (χ1) is 23.0. The highest BCUT2D eigenvalue weighted by atomic mass is 16.8. The Hall–Kier alpha value is -4.60. The number of ether oxygens (including phenoxy) is 7. The third-order valence-corrected chi connectivity index (χ3v) is 9.23. The van der Waals surface area contributed by atoms with Gasteiger partial charge in [0.2, 0.25) is 5.60 Å². The van der Waals surface area contributed by atoms with Gasteiger partial charge in [-0.25, -0.2) is 9.59 Å². The molecule has 7 rings (SSSR count). The number of rotatable bonds is 7. The lowest BCUT2D eigenvalue weighted by atomic mass is 9.97. The number of aryl methyl sites for hydroxylation is 1. The number of hydrogen-bond donors (Lipinski definition) is 4. The lowest BCUT2D eigenvalue weighted by Gasteiger charge is -2.42. The normalized spacial score (nSPS) is 35.7. The lowest BCUT2D eigenvalue weighted by molar-refractivity contribution is -0.273.